The van der Waals surface area contributed by atoms with Crippen LogP contribution in [0.4, 0.5) is 30.2 Å². The average molecular weight is 1340 g/mol. The smallest absolute Gasteiger partial charge is 0.380 e. The number of anilines is 3. The van der Waals surface area contributed by atoms with E-state index < -0.39 is 64.7 Å². The number of sulfone groups is 1. The number of ether oxygens (including phenoxy) is 1. The highest BCUT2D eigenvalue weighted by Crippen LogP contribution is 2.49. The van der Waals surface area contributed by atoms with E-state index in [4.69, 9.17) is 16.3 Å². The second kappa shape index (κ2) is 27.8. The quantitative estimate of drug-likeness (QED) is 0.0491. The number of morpholine rings is 1. The van der Waals surface area contributed by atoms with Gasteiger partial charge in [-0.05, 0) is 171 Å². The van der Waals surface area contributed by atoms with Gasteiger partial charge in [0.25, 0.3) is 31.7 Å². The Kier molecular flexibility index (Phi) is 19.8. The molecule has 2 unspecified atom stereocenters. The first-order valence-electron chi connectivity index (χ1n) is 31.7. The summed E-state index contributed by atoms with van der Waals surface area (Å²) in [4.78, 5) is 63.8. The van der Waals surface area contributed by atoms with E-state index in [1.54, 1.807) is 17.0 Å². The Labute approximate surface area is 545 Å². The van der Waals surface area contributed by atoms with Gasteiger partial charge in [0.15, 0.2) is 0 Å². The fraction of sp³-hybridized carbons (Fsp3) is 0.463. The SMILES string of the molecule is O=C1CCC(N2Cc3cc(N4CCC(CN5CCC6(CCC(c7ccc(Cl)cc7)=C(CN7CCN(c8ccc(C(=O)NS(=O)(=O)c9ccc(N[C@H](CCN%10CCOCC%10)CSc%10ccccc%10)c(S(=O)(=O)C(F)(F)F)c9)cc8)CC7)C6)C5)CC4)ccc3C2=O)C(=O)N1. The molecular formula is C67H77ClF3N9O9S3. The zero-order chi connectivity index (χ0) is 64.4. The minimum atomic E-state index is -6.09. The molecule has 1 aliphatic carbocycles. The lowest BCUT2D eigenvalue weighted by Gasteiger charge is -2.41. The summed E-state index contributed by atoms with van der Waals surface area (Å²) in [5, 5.41) is 6.09. The fourth-order valence-electron chi connectivity index (χ4n) is 14.3. The van der Waals surface area contributed by atoms with E-state index in [0.29, 0.717) is 93.6 Å². The number of imide groups is 1. The predicted octanol–water partition coefficient (Wildman–Crippen LogP) is 9.18. The van der Waals surface area contributed by atoms with E-state index in [1.165, 1.54) is 40.6 Å². The van der Waals surface area contributed by atoms with Crippen LogP contribution in [0.5, 0.6) is 0 Å². The zero-order valence-electron chi connectivity index (χ0n) is 51.2. The summed E-state index contributed by atoms with van der Waals surface area (Å²) in [6.45, 7) is 12.2. The third-order valence-electron chi connectivity index (χ3n) is 19.5. The molecule has 4 amide bonds. The van der Waals surface area contributed by atoms with Gasteiger partial charge in [0.1, 0.15) is 10.9 Å². The molecule has 1 spiro atoms. The average Bonchev–Trinajstić information content (AvgIpc) is 1.06. The van der Waals surface area contributed by atoms with Gasteiger partial charge >= 0.3 is 5.51 Å². The van der Waals surface area contributed by atoms with Gasteiger partial charge in [0.05, 0.1) is 23.8 Å². The molecule has 0 radical (unpaired) electrons. The van der Waals surface area contributed by atoms with Crippen molar-refractivity contribution in [3.63, 3.8) is 0 Å². The lowest BCUT2D eigenvalue weighted by Crippen LogP contribution is -2.52. The van der Waals surface area contributed by atoms with Gasteiger partial charge in [0.2, 0.25) is 11.8 Å². The predicted molar refractivity (Wildman–Crippen MR) is 349 cm³/mol. The summed E-state index contributed by atoms with van der Waals surface area (Å²) in [7, 11) is -11.0. The number of sulfonamides is 1. The maximum absolute atomic E-state index is 14.4. The topological polar surface area (TPSA) is 201 Å². The number of carbonyl (C=O) groups is 4. The number of hydrogen-bond donors (Lipinski definition) is 3. The van der Waals surface area contributed by atoms with E-state index in [-0.39, 0.29) is 29.2 Å². The van der Waals surface area contributed by atoms with Crippen LogP contribution in [0.25, 0.3) is 5.57 Å². The molecule has 18 nitrogen and oxygen atoms in total. The van der Waals surface area contributed by atoms with Crippen LogP contribution in [0.2, 0.25) is 5.02 Å². The molecule has 3 N–H and O–H groups in total. The summed E-state index contributed by atoms with van der Waals surface area (Å²) >= 11 is 7.84. The number of nitrogens with one attached hydrogen (secondary N) is 3. The Hall–Kier alpha value is -6.51. The summed E-state index contributed by atoms with van der Waals surface area (Å²) in [6, 6.07) is 31.3. The maximum atomic E-state index is 14.4. The number of halogens is 4. The van der Waals surface area contributed by atoms with Crippen molar-refractivity contribution in [1.29, 1.82) is 0 Å². The molecule has 490 valence electrons. The van der Waals surface area contributed by atoms with Gasteiger partial charge in [0, 0.05) is 136 Å². The Bertz CT molecular complexity index is 3810. The van der Waals surface area contributed by atoms with Gasteiger partial charge in [-0.15, -0.1) is 11.8 Å². The van der Waals surface area contributed by atoms with E-state index in [1.807, 2.05) is 59.3 Å². The van der Waals surface area contributed by atoms with Crippen LogP contribution in [0.3, 0.4) is 0 Å². The number of likely N-dealkylation sites (tertiary alicyclic amines) is 1. The molecule has 0 bridgehead atoms. The maximum Gasteiger partial charge on any atom is 0.501 e. The number of fused-ring (bicyclic) bond motifs is 1. The van der Waals surface area contributed by atoms with Crippen molar-refractivity contribution in [2.75, 3.05) is 119 Å². The van der Waals surface area contributed by atoms with Crippen molar-refractivity contribution in [2.24, 2.45) is 11.3 Å². The number of piperidine rings is 2. The highest BCUT2D eigenvalue weighted by Gasteiger charge is 2.49. The standard InChI is InChI=1S/C67H77ClF3N9O9S3/c68-51-10-6-47(7-11-51)57-20-24-66(25-29-77(45-66)41-46-21-27-78(28-22-46)54-14-16-58-49(38-54)43-80(65(58)84)60-18-19-62(81)73-64(60)83)40-50(57)42-76-30-32-79(33-31-76)53-12-8-48(9-13-53)63(82)74-92(87,88)56-15-17-59(61(39-56)91(85,86)67(69,70)71)72-52(23-26-75-34-36-89-37-35-75)44-90-55-4-2-1-3-5-55/h1-17,38-39,46,52,60,72H,18-37,40-45H2,(H,74,82)(H,73,81,83)/t52-,60?,66?/m1/s1. The van der Waals surface area contributed by atoms with Crippen molar-refractivity contribution < 1.29 is 53.9 Å². The molecule has 5 fully saturated rings. The first kappa shape index (κ1) is 65.5. The minimum Gasteiger partial charge on any atom is -0.380 e. The normalized spacial score (nSPS) is 22.1. The Morgan fingerprint density at radius 1 is 0.761 bits per heavy atom. The molecule has 6 aliphatic heterocycles. The summed E-state index contributed by atoms with van der Waals surface area (Å²) in [5.41, 5.74) is 1.51. The Balaban J connectivity index is 0.648. The molecular weight excluding hydrogens is 1260 g/mol. The van der Waals surface area contributed by atoms with Gasteiger partial charge in [-0.2, -0.15) is 13.2 Å². The van der Waals surface area contributed by atoms with E-state index in [0.717, 1.165) is 125 Å². The number of allylic oxidation sites excluding steroid dienone is 1. The molecule has 0 aromatic heterocycles. The third kappa shape index (κ3) is 15.0. The number of thioether (sulfide) groups is 1. The third-order valence-corrected chi connectivity index (χ3v) is 23.7. The molecule has 5 aromatic rings. The van der Waals surface area contributed by atoms with Crippen LogP contribution in [-0.2, 0) is 40.7 Å². The van der Waals surface area contributed by atoms with Crippen LogP contribution < -0.4 is 25.2 Å². The highest BCUT2D eigenvalue weighted by atomic mass is 35.5. The molecule has 3 atom stereocenters. The molecule has 0 saturated carbocycles. The number of alkyl halides is 3. The minimum absolute atomic E-state index is 0.0183. The molecule has 7 aliphatic rings. The van der Waals surface area contributed by atoms with Crippen LogP contribution in [-0.4, -0.2) is 182 Å². The van der Waals surface area contributed by atoms with Crippen LogP contribution in [0, 0.1) is 11.3 Å². The number of amides is 4. The fourth-order valence-corrected chi connectivity index (χ4v) is 17.5. The zero-order valence-corrected chi connectivity index (χ0v) is 54.4. The van der Waals surface area contributed by atoms with Gasteiger partial charge in [-0.25, -0.2) is 21.6 Å². The monoisotopic (exact) mass is 1340 g/mol. The highest BCUT2D eigenvalue weighted by molar-refractivity contribution is 7.99. The first-order valence-corrected chi connectivity index (χ1v) is 36.1. The van der Waals surface area contributed by atoms with E-state index in [2.05, 4.69) is 53.3 Å². The number of hydrogen-bond acceptors (Lipinski definition) is 16. The van der Waals surface area contributed by atoms with Crippen molar-refractivity contribution in [2.45, 2.75) is 96.6 Å². The van der Waals surface area contributed by atoms with Crippen LogP contribution in [0.1, 0.15) is 89.6 Å². The largest absolute Gasteiger partial charge is 0.501 e. The summed E-state index contributed by atoms with van der Waals surface area (Å²) in [6.07, 6.45) is 7.39. The molecule has 25 heteroatoms. The number of rotatable bonds is 20. The number of carbonyl (C=O) groups excluding carboxylic acids is 4. The Morgan fingerprint density at radius 2 is 1.48 bits per heavy atom. The van der Waals surface area contributed by atoms with Crippen LogP contribution in [0.15, 0.2) is 136 Å². The number of benzene rings is 5. The summed E-state index contributed by atoms with van der Waals surface area (Å²) < 4.78 is 105. The van der Waals surface area contributed by atoms with Gasteiger partial charge in [-0.1, -0.05) is 47.5 Å². The molecule has 92 heavy (non-hydrogen) atoms. The van der Waals surface area contributed by atoms with Crippen molar-refractivity contribution >= 4 is 89.5 Å². The second-order valence-electron chi connectivity index (χ2n) is 25.5. The van der Waals surface area contributed by atoms with E-state index >= 15 is 0 Å². The first-order chi connectivity index (χ1) is 44.2. The lowest BCUT2D eigenvalue weighted by molar-refractivity contribution is -0.136. The number of nitrogens with zero attached hydrogens (tertiary/aromatic N) is 6. The van der Waals surface area contributed by atoms with Gasteiger partial charge in [-0.3, -0.25) is 34.3 Å². The summed E-state index contributed by atoms with van der Waals surface area (Å²) in [5.74, 6) is -0.979. The van der Waals surface area contributed by atoms with Crippen molar-refractivity contribution in [1.82, 2.24) is 29.6 Å². The molecule has 6 heterocycles. The number of piperazine rings is 1. The van der Waals surface area contributed by atoms with Gasteiger partial charge < -0.3 is 29.7 Å². The van der Waals surface area contributed by atoms with Crippen LogP contribution >= 0.6 is 23.4 Å². The Morgan fingerprint density at radius 3 is 2.20 bits per heavy atom. The van der Waals surface area contributed by atoms with E-state index in [9.17, 15) is 49.2 Å². The second-order valence-corrected chi connectivity index (χ2v) is 30.6. The molecule has 5 aromatic carbocycles. The molecule has 5 saturated heterocycles. The van der Waals surface area contributed by atoms with Crippen molar-refractivity contribution in [3.05, 3.63) is 148 Å². The van der Waals surface area contributed by atoms with Crippen molar-refractivity contribution in [3.8, 4) is 0 Å². The molecule has 12 rings (SSSR count). The lowest BCUT2D eigenvalue weighted by atomic mass is 9.69.